The fraction of sp³-hybridized carbons (Fsp3) is 0.929. The molecule has 3 rings (SSSR count). The fourth-order valence-corrected chi connectivity index (χ4v) is 2.88. The molecule has 3 saturated carbocycles. The van der Waals surface area contributed by atoms with Gasteiger partial charge < -0.3 is 10.2 Å². The summed E-state index contributed by atoms with van der Waals surface area (Å²) in [6.07, 6.45) is 10.3. The van der Waals surface area contributed by atoms with Gasteiger partial charge in [0.25, 0.3) is 0 Å². The predicted molar refractivity (Wildman–Crippen MR) is 67.7 cm³/mol. The average Bonchev–Trinajstić information content (AvgIpc) is 3.23. The molecule has 0 aromatic heterocycles. The Labute approximate surface area is 104 Å². The highest BCUT2D eigenvalue weighted by molar-refractivity contribution is 5.79. The Morgan fingerprint density at radius 2 is 1.76 bits per heavy atom. The monoisotopic (exact) mass is 236 g/mol. The van der Waals surface area contributed by atoms with Crippen molar-refractivity contribution in [2.45, 2.75) is 63.5 Å². The molecule has 0 bridgehead atoms. The summed E-state index contributed by atoms with van der Waals surface area (Å²) in [5.74, 6) is 1.18. The molecule has 3 aliphatic rings. The molecule has 0 aliphatic heterocycles. The number of hydrogen-bond donors (Lipinski definition) is 1. The summed E-state index contributed by atoms with van der Waals surface area (Å²) in [5.41, 5.74) is 0. The van der Waals surface area contributed by atoms with Crippen LogP contribution in [0.4, 0.5) is 0 Å². The minimum Gasteiger partial charge on any atom is -0.338 e. The van der Waals surface area contributed by atoms with E-state index in [9.17, 15) is 4.79 Å². The molecule has 0 heterocycles. The Bertz CT molecular complexity index is 278. The standard InChI is InChI=1S/C14H24N2O/c17-14(9-15-12-3-1-2-4-12)16(13-7-8-13)10-11-5-6-11/h11-13,15H,1-10H2. The van der Waals surface area contributed by atoms with E-state index in [2.05, 4.69) is 10.2 Å². The number of carbonyl (C=O) groups is 1. The lowest BCUT2D eigenvalue weighted by Crippen LogP contribution is -2.43. The van der Waals surface area contributed by atoms with Crippen LogP contribution < -0.4 is 5.32 Å². The van der Waals surface area contributed by atoms with Crippen LogP contribution >= 0.6 is 0 Å². The van der Waals surface area contributed by atoms with Crippen molar-refractivity contribution in [2.24, 2.45) is 5.92 Å². The number of nitrogens with one attached hydrogen (secondary N) is 1. The van der Waals surface area contributed by atoms with Crippen molar-refractivity contribution in [2.75, 3.05) is 13.1 Å². The normalized spacial score (nSPS) is 25.2. The first-order valence-corrected chi connectivity index (χ1v) is 7.36. The Hall–Kier alpha value is -0.570. The van der Waals surface area contributed by atoms with E-state index < -0.39 is 0 Å². The maximum Gasteiger partial charge on any atom is 0.236 e. The van der Waals surface area contributed by atoms with Crippen LogP contribution in [0.5, 0.6) is 0 Å². The molecule has 0 radical (unpaired) electrons. The van der Waals surface area contributed by atoms with Crippen LogP contribution in [0.3, 0.4) is 0 Å². The minimum absolute atomic E-state index is 0.353. The molecule has 0 spiro atoms. The quantitative estimate of drug-likeness (QED) is 0.764. The second-order valence-corrected chi connectivity index (χ2v) is 6.08. The lowest BCUT2D eigenvalue weighted by molar-refractivity contribution is -0.131. The van der Waals surface area contributed by atoms with E-state index in [1.807, 2.05) is 0 Å². The van der Waals surface area contributed by atoms with Crippen LogP contribution in [0, 0.1) is 5.92 Å². The van der Waals surface area contributed by atoms with E-state index in [1.54, 1.807) is 0 Å². The summed E-state index contributed by atoms with van der Waals surface area (Å²) in [4.78, 5) is 14.4. The maximum atomic E-state index is 12.2. The third-order valence-corrected chi connectivity index (χ3v) is 4.36. The molecule has 3 fully saturated rings. The highest BCUT2D eigenvalue weighted by atomic mass is 16.2. The Morgan fingerprint density at radius 1 is 1.06 bits per heavy atom. The zero-order valence-electron chi connectivity index (χ0n) is 10.7. The second-order valence-electron chi connectivity index (χ2n) is 6.08. The van der Waals surface area contributed by atoms with Crippen LogP contribution in [0.2, 0.25) is 0 Å². The molecule has 3 aliphatic carbocycles. The zero-order chi connectivity index (χ0) is 11.7. The molecule has 0 atom stereocenters. The first-order chi connectivity index (χ1) is 8.33. The summed E-state index contributed by atoms with van der Waals surface area (Å²) in [6, 6.07) is 1.20. The maximum absolute atomic E-state index is 12.2. The van der Waals surface area contributed by atoms with Gasteiger partial charge in [0.15, 0.2) is 0 Å². The van der Waals surface area contributed by atoms with Gasteiger partial charge >= 0.3 is 0 Å². The number of amides is 1. The van der Waals surface area contributed by atoms with Crippen molar-refractivity contribution in [1.82, 2.24) is 10.2 Å². The van der Waals surface area contributed by atoms with Crippen molar-refractivity contribution < 1.29 is 4.79 Å². The lowest BCUT2D eigenvalue weighted by atomic mass is 10.2. The van der Waals surface area contributed by atoms with Gasteiger partial charge in [-0.3, -0.25) is 4.79 Å². The van der Waals surface area contributed by atoms with Crippen molar-refractivity contribution >= 4 is 5.91 Å². The Kier molecular flexibility index (Phi) is 3.37. The molecule has 0 saturated heterocycles. The van der Waals surface area contributed by atoms with Gasteiger partial charge in [-0.15, -0.1) is 0 Å². The summed E-state index contributed by atoms with van der Waals surface area (Å²) >= 11 is 0. The molecular weight excluding hydrogens is 212 g/mol. The molecule has 1 N–H and O–H groups in total. The molecule has 0 unspecified atom stereocenters. The van der Waals surface area contributed by atoms with Gasteiger partial charge in [-0.1, -0.05) is 12.8 Å². The molecule has 0 aromatic carbocycles. The SMILES string of the molecule is O=C(CNC1CCCC1)N(CC1CC1)C1CC1. The molecule has 17 heavy (non-hydrogen) atoms. The summed E-state index contributed by atoms with van der Waals surface area (Å²) in [6.45, 7) is 1.61. The van der Waals surface area contributed by atoms with Gasteiger partial charge in [0.2, 0.25) is 5.91 Å². The van der Waals surface area contributed by atoms with Crippen molar-refractivity contribution in [3.05, 3.63) is 0 Å². The lowest BCUT2D eigenvalue weighted by Gasteiger charge is -2.23. The molecular formula is C14H24N2O. The molecule has 96 valence electrons. The smallest absolute Gasteiger partial charge is 0.236 e. The third kappa shape index (κ3) is 3.21. The number of carbonyl (C=O) groups excluding carboxylic acids is 1. The van der Waals surface area contributed by atoms with E-state index in [0.29, 0.717) is 24.5 Å². The van der Waals surface area contributed by atoms with E-state index in [-0.39, 0.29) is 0 Å². The van der Waals surface area contributed by atoms with Crippen LogP contribution in [-0.2, 0) is 4.79 Å². The van der Waals surface area contributed by atoms with Crippen molar-refractivity contribution in [3.63, 3.8) is 0 Å². The number of rotatable bonds is 6. The van der Waals surface area contributed by atoms with Crippen molar-refractivity contribution in [1.29, 1.82) is 0 Å². The Balaban J connectivity index is 1.44. The first-order valence-electron chi connectivity index (χ1n) is 7.36. The molecule has 3 nitrogen and oxygen atoms in total. The third-order valence-electron chi connectivity index (χ3n) is 4.36. The zero-order valence-corrected chi connectivity index (χ0v) is 10.7. The Morgan fingerprint density at radius 3 is 2.35 bits per heavy atom. The fourth-order valence-electron chi connectivity index (χ4n) is 2.88. The second kappa shape index (κ2) is 4.97. The van der Waals surface area contributed by atoms with Crippen LogP contribution in [-0.4, -0.2) is 36.0 Å². The molecule has 3 heteroatoms. The van der Waals surface area contributed by atoms with Crippen molar-refractivity contribution in [3.8, 4) is 0 Å². The molecule has 0 aromatic rings. The van der Waals surface area contributed by atoms with Gasteiger partial charge in [-0.2, -0.15) is 0 Å². The topological polar surface area (TPSA) is 32.3 Å². The largest absolute Gasteiger partial charge is 0.338 e. The summed E-state index contributed by atoms with van der Waals surface area (Å²) in [7, 11) is 0. The van der Waals surface area contributed by atoms with E-state index >= 15 is 0 Å². The predicted octanol–water partition coefficient (Wildman–Crippen LogP) is 1.92. The highest BCUT2D eigenvalue weighted by Gasteiger charge is 2.36. The van der Waals surface area contributed by atoms with E-state index in [4.69, 9.17) is 0 Å². The van der Waals surface area contributed by atoms with E-state index in [1.165, 1.54) is 51.4 Å². The summed E-state index contributed by atoms with van der Waals surface area (Å²) in [5, 5.41) is 3.45. The average molecular weight is 236 g/mol. The number of hydrogen-bond acceptors (Lipinski definition) is 2. The first kappa shape index (κ1) is 11.5. The molecule has 1 amide bonds. The minimum atomic E-state index is 0.353. The van der Waals surface area contributed by atoms with E-state index in [0.717, 1.165) is 12.5 Å². The number of nitrogens with zero attached hydrogens (tertiary/aromatic N) is 1. The van der Waals surface area contributed by atoms with Crippen LogP contribution in [0.1, 0.15) is 51.4 Å². The van der Waals surface area contributed by atoms with Gasteiger partial charge in [0.1, 0.15) is 0 Å². The highest BCUT2D eigenvalue weighted by Crippen LogP contribution is 2.34. The van der Waals surface area contributed by atoms with Gasteiger partial charge in [-0.05, 0) is 44.4 Å². The van der Waals surface area contributed by atoms with Crippen LogP contribution in [0.15, 0.2) is 0 Å². The van der Waals surface area contributed by atoms with Gasteiger partial charge in [-0.25, -0.2) is 0 Å². The van der Waals surface area contributed by atoms with Gasteiger partial charge in [0.05, 0.1) is 6.54 Å². The summed E-state index contributed by atoms with van der Waals surface area (Å²) < 4.78 is 0. The van der Waals surface area contributed by atoms with Crippen LogP contribution in [0.25, 0.3) is 0 Å². The van der Waals surface area contributed by atoms with Gasteiger partial charge in [0, 0.05) is 18.6 Å².